The molecule has 4 heteroatoms. The fourth-order valence-corrected chi connectivity index (χ4v) is 2.29. The van der Waals surface area contributed by atoms with E-state index in [1.165, 1.54) is 12.0 Å². The third-order valence-electron chi connectivity index (χ3n) is 2.40. The first-order chi connectivity index (χ1) is 7.92. The van der Waals surface area contributed by atoms with E-state index in [0.717, 1.165) is 6.42 Å². The van der Waals surface area contributed by atoms with Crippen LogP contribution < -0.4 is 5.32 Å². The van der Waals surface area contributed by atoms with Gasteiger partial charge in [-0.25, -0.2) is 0 Å². The monoisotopic (exact) mass is 255 g/mol. The van der Waals surface area contributed by atoms with Crippen LogP contribution in [0, 0.1) is 5.41 Å². The molecular weight excluding hydrogens is 234 g/mol. The van der Waals surface area contributed by atoms with Gasteiger partial charge in [0.25, 0.3) is 0 Å². The number of esters is 1. The molecule has 0 saturated carbocycles. The lowest BCUT2D eigenvalue weighted by atomic mass is 9.88. The van der Waals surface area contributed by atoms with Crippen LogP contribution in [0.3, 0.4) is 0 Å². The Morgan fingerprint density at radius 2 is 2.24 bits per heavy atom. The molecule has 0 radical (unpaired) electrons. The summed E-state index contributed by atoms with van der Waals surface area (Å²) in [6.45, 7) is 7.08. The molecule has 0 fully saturated rings. The van der Waals surface area contributed by atoms with Gasteiger partial charge in [-0.2, -0.15) is 0 Å². The molecular formula is C13H21NO2S. The number of nitrogens with one attached hydrogen (secondary N) is 1. The Bertz CT molecular complexity index is 341. The van der Waals surface area contributed by atoms with Gasteiger partial charge >= 0.3 is 5.97 Å². The van der Waals surface area contributed by atoms with Crippen molar-refractivity contribution in [2.45, 2.75) is 39.8 Å². The van der Waals surface area contributed by atoms with Gasteiger partial charge in [0.05, 0.1) is 7.11 Å². The summed E-state index contributed by atoms with van der Waals surface area (Å²) in [5, 5.41) is 5.30. The summed E-state index contributed by atoms with van der Waals surface area (Å²) in [5.74, 6) is -0.184. The van der Waals surface area contributed by atoms with Crippen molar-refractivity contribution < 1.29 is 9.53 Å². The lowest BCUT2D eigenvalue weighted by Gasteiger charge is -2.24. The quantitative estimate of drug-likeness (QED) is 0.822. The average molecular weight is 255 g/mol. The van der Waals surface area contributed by atoms with Crippen molar-refractivity contribution in [3.8, 4) is 0 Å². The second-order valence-electron chi connectivity index (χ2n) is 5.30. The molecule has 1 rings (SSSR count). The lowest BCUT2D eigenvalue weighted by Crippen LogP contribution is -2.39. The Labute approximate surface area is 107 Å². The van der Waals surface area contributed by atoms with E-state index < -0.39 is 0 Å². The van der Waals surface area contributed by atoms with Crippen molar-refractivity contribution in [3.05, 3.63) is 22.4 Å². The van der Waals surface area contributed by atoms with Gasteiger partial charge in [0.2, 0.25) is 0 Å². The molecule has 1 unspecified atom stereocenters. The summed E-state index contributed by atoms with van der Waals surface area (Å²) in [4.78, 5) is 12.9. The third-order valence-corrected chi connectivity index (χ3v) is 3.28. The molecule has 0 spiro atoms. The zero-order valence-corrected chi connectivity index (χ0v) is 11.8. The largest absolute Gasteiger partial charge is 0.468 e. The predicted molar refractivity (Wildman–Crippen MR) is 71.0 cm³/mol. The number of carbonyl (C=O) groups excluding carboxylic acids is 1. The van der Waals surface area contributed by atoms with Gasteiger partial charge in [0.1, 0.15) is 6.04 Å². The minimum Gasteiger partial charge on any atom is -0.468 e. The minimum absolute atomic E-state index is 0.0985. The van der Waals surface area contributed by atoms with E-state index in [1.54, 1.807) is 11.3 Å². The van der Waals surface area contributed by atoms with Crippen molar-refractivity contribution in [2.24, 2.45) is 5.41 Å². The first-order valence-electron chi connectivity index (χ1n) is 5.76. The summed E-state index contributed by atoms with van der Waals surface area (Å²) in [5.41, 5.74) is 0.0985. The van der Waals surface area contributed by atoms with Gasteiger partial charge in [-0.05, 0) is 23.3 Å². The molecule has 1 aromatic heterocycles. The van der Waals surface area contributed by atoms with Crippen molar-refractivity contribution in [1.29, 1.82) is 0 Å². The Morgan fingerprint density at radius 3 is 2.71 bits per heavy atom. The van der Waals surface area contributed by atoms with E-state index in [1.807, 2.05) is 11.4 Å². The molecule has 1 N–H and O–H groups in total. The highest BCUT2D eigenvalue weighted by Gasteiger charge is 2.25. The summed E-state index contributed by atoms with van der Waals surface area (Å²) >= 11 is 1.69. The van der Waals surface area contributed by atoms with E-state index >= 15 is 0 Å². The molecule has 1 atom stereocenters. The number of hydrogen-bond acceptors (Lipinski definition) is 4. The SMILES string of the molecule is COC(=O)C(CC(C)(C)C)NCc1cccs1. The Balaban J connectivity index is 2.55. The van der Waals surface area contributed by atoms with E-state index in [4.69, 9.17) is 4.74 Å². The maximum atomic E-state index is 11.7. The van der Waals surface area contributed by atoms with E-state index in [2.05, 4.69) is 32.2 Å². The molecule has 0 aliphatic rings. The van der Waals surface area contributed by atoms with Gasteiger partial charge in [0.15, 0.2) is 0 Å². The van der Waals surface area contributed by atoms with Gasteiger partial charge in [-0.1, -0.05) is 26.8 Å². The molecule has 3 nitrogen and oxygen atoms in total. The minimum atomic E-state index is -0.234. The Morgan fingerprint density at radius 1 is 1.53 bits per heavy atom. The van der Waals surface area contributed by atoms with Crippen LogP contribution in [0.4, 0.5) is 0 Å². The highest BCUT2D eigenvalue weighted by molar-refractivity contribution is 7.09. The van der Waals surface area contributed by atoms with Gasteiger partial charge in [-0.3, -0.25) is 10.1 Å². The van der Waals surface area contributed by atoms with E-state index in [0.29, 0.717) is 6.54 Å². The van der Waals surface area contributed by atoms with Crippen molar-refractivity contribution in [3.63, 3.8) is 0 Å². The number of ether oxygens (including phenoxy) is 1. The fraction of sp³-hybridized carbons (Fsp3) is 0.615. The number of methoxy groups -OCH3 is 1. The predicted octanol–water partition coefficient (Wildman–Crippen LogP) is 2.82. The van der Waals surface area contributed by atoms with E-state index in [9.17, 15) is 4.79 Å². The number of thiophene rings is 1. The standard InChI is InChI=1S/C13H21NO2S/c1-13(2,3)8-11(12(15)16-4)14-9-10-6-5-7-17-10/h5-7,11,14H,8-9H2,1-4H3. The number of rotatable bonds is 5. The van der Waals surface area contributed by atoms with Crippen LogP contribution in [0.15, 0.2) is 17.5 Å². The number of hydrogen-bond donors (Lipinski definition) is 1. The van der Waals surface area contributed by atoms with Gasteiger partial charge in [-0.15, -0.1) is 11.3 Å². The first kappa shape index (κ1) is 14.2. The summed E-state index contributed by atoms with van der Waals surface area (Å²) < 4.78 is 4.83. The van der Waals surface area contributed by atoms with Crippen molar-refractivity contribution >= 4 is 17.3 Å². The molecule has 0 aliphatic carbocycles. The summed E-state index contributed by atoms with van der Waals surface area (Å²) in [6.07, 6.45) is 0.769. The molecule has 17 heavy (non-hydrogen) atoms. The normalized spacial score (nSPS) is 13.4. The van der Waals surface area contributed by atoms with Crippen molar-refractivity contribution in [1.82, 2.24) is 5.32 Å². The molecule has 0 aliphatic heterocycles. The Hall–Kier alpha value is -0.870. The summed E-state index contributed by atoms with van der Waals surface area (Å²) in [6, 6.07) is 3.84. The second kappa shape index (κ2) is 6.17. The van der Waals surface area contributed by atoms with Crippen LogP contribution in [0.2, 0.25) is 0 Å². The van der Waals surface area contributed by atoms with Crippen LogP contribution in [-0.2, 0) is 16.1 Å². The molecule has 96 valence electrons. The summed E-state index contributed by atoms with van der Waals surface area (Å²) in [7, 11) is 1.44. The van der Waals surface area contributed by atoms with Gasteiger partial charge in [0, 0.05) is 11.4 Å². The smallest absolute Gasteiger partial charge is 0.322 e. The maximum Gasteiger partial charge on any atom is 0.322 e. The van der Waals surface area contributed by atoms with Crippen LogP contribution >= 0.6 is 11.3 Å². The Kier molecular flexibility index (Phi) is 5.15. The number of carbonyl (C=O) groups is 1. The highest BCUT2D eigenvalue weighted by atomic mass is 32.1. The first-order valence-corrected chi connectivity index (χ1v) is 6.64. The molecule has 1 heterocycles. The van der Waals surface area contributed by atoms with Crippen LogP contribution in [-0.4, -0.2) is 19.1 Å². The molecule has 1 aromatic rings. The average Bonchev–Trinajstić information content (AvgIpc) is 2.74. The maximum absolute atomic E-state index is 11.7. The fourth-order valence-electron chi connectivity index (χ4n) is 1.63. The molecule has 0 saturated heterocycles. The topological polar surface area (TPSA) is 38.3 Å². The van der Waals surface area contributed by atoms with Crippen LogP contribution in [0.5, 0.6) is 0 Å². The zero-order valence-electron chi connectivity index (χ0n) is 10.9. The molecule has 0 bridgehead atoms. The second-order valence-corrected chi connectivity index (χ2v) is 6.33. The van der Waals surface area contributed by atoms with Crippen LogP contribution in [0.25, 0.3) is 0 Å². The van der Waals surface area contributed by atoms with E-state index in [-0.39, 0.29) is 17.4 Å². The molecule has 0 amide bonds. The third kappa shape index (κ3) is 5.33. The molecule has 0 aromatic carbocycles. The van der Waals surface area contributed by atoms with Gasteiger partial charge < -0.3 is 4.74 Å². The zero-order chi connectivity index (χ0) is 12.9. The highest BCUT2D eigenvalue weighted by Crippen LogP contribution is 2.21. The van der Waals surface area contributed by atoms with Crippen molar-refractivity contribution in [2.75, 3.05) is 7.11 Å². The van der Waals surface area contributed by atoms with Crippen LogP contribution in [0.1, 0.15) is 32.1 Å². The lowest BCUT2D eigenvalue weighted by molar-refractivity contribution is -0.144.